The van der Waals surface area contributed by atoms with Crippen LogP contribution < -0.4 is 5.32 Å². The molecule has 12 heteroatoms. The fourth-order valence-electron chi connectivity index (χ4n) is 4.86. The van der Waals surface area contributed by atoms with Gasteiger partial charge in [-0.3, -0.25) is 14.6 Å². The molecule has 172 valence electrons. The second-order valence-electron chi connectivity index (χ2n) is 8.74. The molecule has 4 fully saturated rings. The van der Waals surface area contributed by atoms with Crippen LogP contribution in [0.3, 0.4) is 0 Å². The van der Waals surface area contributed by atoms with Crippen LogP contribution in [0.1, 0.15) is 32.6 Å². The Kier molecular flexibility index (Phi) is 6.08. The van der Waals surface area contributed by atoms with Crippen molar-refractivity contribution in [3.8, 4) is 0 Å². The van der Waals surface area contributed by atoms with Gasteiger partial charge in [0.2, 0.25) is 15.9 Å². The number of rotatable bonds is 4. The molecule has 4 atom stereocenters. The number of piperazine rings is 1. The van der Waals surface area contributed by atoms with Crippen LogP contribution in [0.4, 0.5) is 13.2 Å². The Balaban J connectivity index is 1.51. The Morgan fingerprint density at radius 3 is 2.50 bits per heavy atom. The summed E-state index contributed by atoms with van der Waals surface area (Å²) >= 11 is 0. The van der Waals surface area contributed by atoms with Crippen LogP contribution in [0.15, 0.2) is 0 Å². The number of hydrogen-bond donors (Lipinski definition) is 1. The van der Waals surface area contributed by atoms with Gasteiger partial charge in [-0.1, -0.05) is 0 Å². The van der Waals surface area contributed by atoms with Crippen molar-refractivity contribution in [1.82, 2.24) is 19.4 Å². The third kappa shape index (κ3) is 4.47. The molecule has 1 saturated carbocycles. The van der Waals surface area contributed by atoms with Crippen LogP contribution in [0, 0.1) is 0 Å². The summed E-state index contributed by atoms with van der Waals surface area (Å²) in [5, 5.41) is 2.18. The van der Waals surface area contributed by atoms with Gasteiger partial charge in [-0.2, -0.15) is 17.5 Å². The minimum absolute atomic E-state index is 0.0103. The maximum absolute atomic E-state index is 13.9. The Labute approximate surface area is 174 Å². The van der Waals surface area contributed by atoms with E-state index in [0.717, 1.165) is 4.31 Å². The predicted molar refractivity (Wildman–Crippen MR) is 102 cm³/mol. The molecule has 1 N–H and O–H groups in total. The average Bonchev–Trinajstić information content (AvgIpc) is 3.52. The highest BCUT2D eigenvalue weighted by molar-refractivity contribution is 7.90. The lowest BCUT2D eigenvalue weighted by molar-refractivity contribution is -0.203. The number of amides is 1. The Morgan fingerprint density at radius 1 is 1.13 bits per heavy atom. The summed E-state index contributed by atoms with van der Waals surface area (Å²) in [5.41, 5.74) is 0. The summed E-state index contributed by atoms with van der Waals surface area (Å²) in [5.74, 6) is -0.274. The molecule has 3 aliphatic heterocycles. The van der Waals surface area contributed by atoms with Crippen molar-refractivity contribution in [2.75, 3.05) is 39.4 Å². The Hall–Kier alpha value is -0.950. The first-order chi connectivity index (χ1) is 14.1. The maximum atomic E-state index is 13.9. The van der Waals surface area contributed by atoms with E-state index in [1.807, 2.05) is 6.92 Å². The van der Waals surface area contributed by atoms with Gasteiger partial charge in [0.1, 0.15) is 6.04 Å². The number of ether oxygens (including phenoxy) is 1. The Morgan fingerprint density at radius 2 is 1.87 bits per heavy atom. The lowest BCUT2D eigenvalue weighted by Gasteiger charge is -2.49. The van der Waals surface area contributed by atoms with Crippen LogP contribution in [-0.2, 0) is 19.6 Å². The third-order valence-electron chi connectivity index (χ3n) is 6.60. The smallest absolute Gasteiger partial charge is 0.379 e. The van der Waals surface area contributed by atoms with Gasteiger partial charge in [0.15, 0.2) is 0 Å². The number of hydrogen-bond acceptors (Lipinski definition) is 6. The number of sulfonamides is 1. The predicted octanol–water partition coefficient (Wildman–Crippen LogP) is 0.353. The first-order valence-corrected chi connectivity index (χ1v) is 12.0. The van der Waals surface area contributed by atoms with Gasteiger partial charge >= 0.3 is 6.18 Å². The summed E-state index contributed by atoms with van der Waals surface area (Å²) in [6.45, 7) is 3.03. The van der Waals surface area contributed by atoms with Crippen molar-refractivity contribution in [3.05, 3.63) is 0 Å². The van der Waals surface area contributed by atoms with E-state index in [9.17, 15) is 26.4 Å². The average molecular weight is 455 g/mol. The number of nitrogens with one attached hydrogen (secondary N) is 1. The van der Waals surface area contributed by atoms with Crippen molar-refractivity contribution < 1.29 is 31.1 Å². The first-order valence-electron chi connectivity index (χ1n) is 10.5. The quantitative estimate of drug-likeness (QED) is 0.661. The summed E-state index contributed by atoms with van der Waals surface area (Å²) in [7, 11) is -3.68. The molecule has 0 bridgehead atoms. The molecule has 0 aromatic heterocycles. The molecule has 3 heterocycles. The molecule has 0 aromatic rings. The number of piperidine rings is 1. The van der Waals surface area contributed by atoms with Crippen LogP contribution in [0.2, 0.25) is 0 Å². The van der Waals surface area contributed by atoms with Crippen LogP contribution >= 0.6 is 0 Å². The summed E-state index contributed by atoms with van der Waals surface area (Å²) < 4.78 is 73.2. The van der Waals surface area contributed by atoms with E-state index in [-0.39, 0.29) is 37.5 Å². The summed E-state index contributed by atoms with van der Waals surface area (Å²) in [6.07, 6.45) is -3.73. The molecule has 4 rings (SSSR count). The van der Waals surface area contributed by atoms with Gasteiger partial charge < -0.3 is 10.1 Å². The molecule has 30 heavy (non-hydrogen) atoms. The van der Waals surface area contributed by atoms with Gasteiger partial charge in [-0.05, 0) is 26.2 Å². The van der Waals surface area contributed by atoms with Crippen molar-refractivity contribution in [2.45, 2.75) is 68.3 Å². The molecule has 1 aliphatic carbocycles. The van der Waals surface area contributed by atoms with E-state index >= 15 is 0 Å². The molecule has 0 spiro atoms. The number of halogens is 3. The number of carbonyl (C=O) groups excluding carboxylic acids is 1. The number of nitrogens with zero attached hydrogens (tertiary/aromatic N) is 3. The Bertz CT molecular complexity index is 761. The summed E-state index contributed by atoms with van der Waals surface area (Å²) in [4.78, 5) is 15.8. The minimum Gasteiger partial charge on any atom is -0.379 e. The molecule has 3 unspecified atom stereocenters. The zero-order valence-corrected chi connectivity index (χ0v) is 17.8. The van der Waals surface area contributed by atoms with Crippen molar-refractivity contribution in [2.24, 2.45) is 0 Å². The molecule has 1 amide bonds. The number of carbonyl (C=O) groups is 1. The monoisotopic (exact) mass is 454 g/mol. The number of alkyl halides is 3. The van der Waals surface area contributed by atoms with E-state index in [0.29, 0.717) is 39.0 Å². The van der Waals surface area contributed by atoms with Crippen molar-refractivity contribution in [3.63, 3.8) is 0 Å². The highest BCUT2D eigenvalue weighted by Gasteiger charge is 2.53. The minimum atomic E-state index is -4.60. The normalized spacial score (nSPS) is 35.9. The van der Waals surface area contributed by atoms with E-state index in [1.165, 1.54) is 4.90 Å². The van der Waals surface area contributed by atoms with Gasteiger partial charge in [-0.15, -0.1) is 0 Å². The van der Waals surface area contributed by atoms with E-state index in [2.05, 4.69) is 10.2 Å². The lowest BCUT2D eigenvalue weighted by atomic mass is 9.97. The SMILES string of the molecule is C[C@@H]1COCCN1C1CC(=O)NC(N2CCN(S(=O)(=O)C3CC3)CC2C(F)(F)F)C1. The highest BCUT2D eigenvalue weighted by atomic mass is 32.2. The fraction of sp³-hybridized carbons (Fsp3) is 0.944. The number of morpholine rings is 1. The molecular formula is C18H29F3N4O4S. The second-order valence-corrected chi connectivity index (χ2v) is 10.9. The van der Waals surface area contributed by atoms with Crippen LogP contribution in [0.5, 0.6) is 0 Å². The molecular weight excluding hydrogens is 425 g/mol. The fourth-order valence-corrected chi connectivity index (χ4v) is 6.70. The summed E-state index contributed by atoms with van der Waals surface area (Å²) in [6, 6.07) is -2.01. The zero-order chi connectivity index (χ0) is 21.7. The second kappa shape index (κ2) is 8.19. The molecule has 0 aromatic carbocycles. The van der Waals surface area contributed by atoms with Crippen LogP contribution in [-0.4, -0.2) is 104 Å². The van der Waals surface area contributed by atoms with Crippen molar-refractivity contribution >= 4 is 15.9 Å². The van der Waals surface area contributed by atoms with Gasteiger partial charge in [0.25, 0.3) is 0 Å². The van der Waals surface area contributed by atoms with Crippen molar-refractivity contribution in [1.29, 1.82) is 0 Å². The lowest BCUT2D eigenvalue weighted by Crippen LogP contribution is -2.68. The molecule has 3 saturated heterocycles. The van der Waals surface area contributed by atoms with Gasteiger partial charge in [-0.25, -0.2) is 8.42 Å². The largest absolute Gasteiger partial charge is 0.405 e. The van der Waals surface area contributed by atoms with Crippen LogP contribution in [0.25, 0.3) is 0 Å². The molecule has 4 aliphatic rings. The van der Waals surface area contributed by atoms with Gasteiger partial charge in [0, 0.05) is 44.7 Å². The zero-order valence-electron chi connectivity index (χ0n) is 17.0. The third-order valence-corrected chi connectivity index (χ3v) is 8.97. The highest BCUT2D eigenvalue weighted by Crippen LogP contribution is 2.36. The molecule has 8 nitrogen and oxygen atoms in total. The van der Waals surface area contributed by atoms with E-state index in [4.69, 9.17) is 4.74 Å². The van der Waals surface area contributed by atoms with E-state index in [1.54, 1.807) is 0 Å². The topological polar surface area (TPSA) is 82.2 Å². The van der Waals surface area contributed by atoms with E-state index < -0.39 is 40.2 Å². The standard InChI is InChI=1S/C18H29F3N4O4S/c1-12-11-29-7-6-24(12)13-8-16(22-17(26)9-13)25-5-4-23(10-15(25)18(19,20)21)30(27,28)14-2-3-14/h12-16H,2-11H2,1H3,(H,22,26)/t12-,13?,15?,16?/m1/s1. The van der Waals surface area contributed by atoms with Gasteiger partial charge in [0.05, 0.1) is 24.6 Å². The maximum Gasteiger partial charge on any atom is 0.405 e. The first kappa shape index (κ1) is 22.3. The molecule has 0 radical (unpaired) electrons.